The third-order valence-electron chi connectivity index (χ3n) is 6.96. The van der Waals surface area contributed by atoms with Gasteiger partial charge < -0.3 is 15.3 Å². The van der Waals surface area contributed by atoms with E-state index in [-0.39, 0.29) is 23.7 Å². The average molecular weight is 454 g/mol. The Hall–Kier alpha value is -2.77. The predicted molar refractivity (Wildman–Crippen MR) is 124 cm³/mol. The number of carbonyl (C=O) groups is 2. The minimum atomic E-state index is -0.510. The number of halogens is 1. The first-order valence-electron chi connectivity index (χ1n) is 11.8. The molecule has 2 aromatic rings. The summed E-state index contributed by atoms with van der Waals surface area (Å²) in [5.74, 6) is -0.579. The average Bonchev–Trinajstić information content (AvgIpc) is 3.08. The van der Waals surface area contributed by atoms with E-state index in [2.05, 4.69) is 10.2 Å². The van der Waals surface area contributed by atoms with Crippen molar-refractivity contribution in [1.29, 1.82) is 0 Å². The Morgan fingerprint density at radius 1 is 1.00 bits per heavy atom. The van der Waals surface area contributed by atoms with Gasteiger partial charge in [-0.2, -0.15) is 0 Å². The summed E-state index contributed by atoms with van der Waals surface area (Å²) in [6.07, 6.45) is 4.65. The van der Waals surface area contributed by atoms with Crippen molar-refractivity contribution in [3.8, 4) is 0 Å². The summed E-state index contributed by atoms with van der Waals surface area (Å²) in [4.78, 5) is 29.0. The highest BCUT2D eigenvalue weighted by atomic mass is 19.1. The number of benzene rings is 2. The summed E-state index contributed by atoms with van der Waals surface area (Å²) in [5, 5.41) is 12.6. The zero-order valence-electron chi connectivity index (χ0n) is 18.8. The fourth-order valence-corrected chi connectivity index (χ4v) is 5.23. The highest BCUT2D eigenvalue weighted by Crippen LogP contribution is 2.35. The molecule has 33 heavy (non-hydrogen) atoms. The van der Waals surface area contributed by atoms with Crippen LogP contribution in [0.25, 0.3) is 0 Å². The quantitative estimate of drug-likeness (QED) is 0.612. The van der Waals surface area contributed by atoms with Gasteiger partial charge in [-0.25, -0.2) is 4.39 Å². The third-order valence-corrected chi connectivity index (χ3v) is 6.96. The van der Waals surface area contributed by atoms with Crippen molar-refractivity contribution in [2.45, 2.75) is 50.2 Å². The van der Waals surface area contributed by atoms with E-state index in [1.807, 2.05) is 30.3 Å². The van der Waals surface area contributed by atoms with Crippen LogP contribution in [0.2, 0.25) is 0 Å². The lowest BCUT2D eigenvalue weighted by Gasteiger charge is -2.40. The highest BCUT2D eigenvalue weighted by Gasteiger charge is 2.41. The van der Waals surface area contributed by atoms with Crippen LogP contribution in [0.3, 0.4) is 0 Å². The Kier molecular flexibility index (Phi) is 7.73. The van der Waals surface area contributed by atoms with E-state index in [0.29, 0.717) is 37.2 Å². The molecule has 2 amide bonds. The number of piperidine rings is 1. The van der Waals surface area contributed by atoms with Gasteiger partial charge in [0, 0.05) is 43.3 Å². The van der Waals surface area contributed by atoms with Crippen LogP contribution >= 0.6 is 0 Å². The number of carbonyl (C=O) groups excluding carboxylic acids is 2. The summed E-state index contributed by atoms with van der Waals surface area (Å²) >= 11 is 0. The monoisotopic (exact) mass is 453 g/mol. The maximum absolute atomic E-state index is 13.1. The second-order valence-electron chi connectivity index (χ2n) is 9.05. The van der Waals surface area contributed by atoms with Crippen LogP contribution in [0.1, 0.15) is 41.6 Å². The van der Waals surface area contributed by atoms with Gasteiger partial charge in [-0.1, -0.05) is 30.3 Å². The third kappa shape index (κ3) is 5.97. The van der Waals surface area contributed by atoms with Gasteiger partial charge in [0.1, 0.15) is 12.4 Å². The molecule has 0 spiro atoms. The number of hydrogen-bond donors (Lipinski definition) is 2. The lowest BCUT2D eigenvalue weighted by Crippen LogP contribution is -2.52. The van der Waals surface area contributed by atoms with Crippen LogP contribution < -0.4 is 5.32 Å². The molecule has 2 aliphatic heterocycles. The summed E-state index contributed by atoms with van der Waals surface area (Å²) in [7, 11) is 0. The molecule has 0 aromatic heterocycles. The van der Waals surface area contributed by atoms with Crippen LogP contribution in [0.5, 0.6) is 0 Å². The maximum atomic E-state index is 13.1. The van der Waals surface area contributed by atoms with E-state index < -0.39 is 6.61 Å². The van der Waals surface area contributed by atoms with Crippen molar-refractivity contribution in [2.75, 3.05) is 26.2 Å². The first-order valence-corrected chi connectivity index (χ1v) is 11.8. The zero-order valence-corrected chi connectivity index (χ0v) is 18.8. The van der Waals surface area contributed by atoms with Gasteiger partial charge in [0.2, 0.25) is 5.91 Å². The molecule has 2 aliphatic rings. The van der Waals surface area contributed by atoms with Crippen LogP contribution in [-0.2, 0) is 11.2 Å². The zero-order chi connectivity index (χ0) is 23.2. The van der Waals surface area contributed by atoms with Gasteiger partial charge in [-0.3, -0.25) is 14.5 Å². The standard InChI is InChI=1S/C26H32FN3O3/c27-21-8-6-19(7-9-21)12-13-29(25(32)18-31)14-15-30-23-10-11-24(30)17-22(16-23)28-26(33)20-4-2-1-3-5-20/h1-9,22-24,31H,10-18H2,(H,28,33). The summed E-state index contributed by atoms with van der Waals surface area (Å²) < 4.78 is 13.1. The van der Waals surface area contributed by atoms with E-state index >= 15 is 0 Å². The van der Waals surface area contributed by atoms with Crippen LogP contribution in [-0.4, -0.2) is 71.1 Å². The normalized spacial score (nSPS) is 22.2. The molecule has 2 fully saturated rings. The van der Waals surface area contributed by atoms with Gasteiger partial charge in [0.25, 0.3) is 5.91 Å². The molecule has 2 saturated heterocycles. The van der Waals surface area contributed by atoms with Crippen molar-refractivity contribution in [3.05, 3.63) is 71.5 Å². The fourth-order valence-electron chi connectivity index (χ4n) is 5.23. The van der Waals surface area contributed by atoms with Crippen molar-refractivity contribution < 1.29 is 19.1 Å². The van der Waals surface area contributed by atoms with Gasteiger partial charge in [0.15, 0.2) is 0 Å². The van der Waals surface area contributed by atoms with Crippen LogP contribution in [0, 0.1) is 5.82 Å². The molecule has 0 aliphatic carbocycles. The number of nitrogens with zero attached hydrogens (tertiary/aromatic N) is 2. The van der Waals surface area contributed by atoms with E-state index in [0.717, 1.165) is 37.8 Å². The number of fused-ring (bicyclic) bond motifs is 2. The number of aliphatic hydroxyl groups is 1. The first-order chi connectivity index (χ1) is 16.0. The predicted octanol–water partition coefficient (Wildman–Crippen LogP) is 2.61. The van der Waals surface area contributed by atoms with Gasteiger partial charge in [0.05, 0.1) is 0 Å². The largest absolute Gasteiger partial charge is 0.387 e. The van der Waals surface area contributed by atoms with Crippen molar-refractivity contribution in [1.82, 2.24) is 15.1 Å². The molecular formula is C26H32FN3O3. The molecule has 2 bridgehead atoms. The number of hydrogen-bond acceptors (Lipinski definition) is 4. The van der Waals surface area contributed by atoms with E-state index in [1.54, 1.807) is 17.0 Å². The van der Waals surface area contributed by atoms with Gasteiger partial charge in [-0.15, -0.1) is 0 Å². The minimum Gasteiger partial charge on any atom is -0.387 e. The van der Waals surface area contributed by atoms with Gasteiger partial charge >= 0.3 is 0 Å². The van der Waals surface area contributed by atoms with Crippen molar-refractivity contribution in [3.63, 3.8) is 0 Å². The molecular weight excluding hydrogens is 421 g/mol. The van der Waals surface area contributed by atoms with Crippen LogP contribution in [0.15, 0.2) is 54.6 Å². The Morgan fingerprint density at radius 3 is 2.30 bits per heavy atom. The first kappa shape index (κ1) is 23.4. The van der Waals surface area contributed by atoms with E-state index in [9.17, 15) is 19.1 Å². The lowest BCUT2D eigenvalue weighted by molar-refractivity contribution is -0.134. The number of aliphatic hydroxyl groups excluding tert-OH is 1. The Bertz CT molecular complexity index is 924. The maximum Gasteiger partial charge on any atom is 0.251 e. The van der Waals surface area contributed by atoms with Crippen LogP contribution in [0.4, 0.5) is 4.39 Å². The molecule has 6 nitrogen and oxygen atoms in total. The lowest BCUT2D eigenvalue weighted by atomic mass is 9.97. The Balaban J connectivity index is 1.29. The Labute approximate surface area is 194 Å². The highest BCUT2D eigenvalue weighted by molar-refractivity contribution is 5.94. The molecule has 2 aromatic carbocycles. The topological polar surface area (TPSA) is 72.9 Å². The van der Waals surface area contributed by atoms with Crippen molar-refractivity contribution in [2.24, 2.45) is 0 Å². The second-order valence-corrected chi connectivity index (χ2v) is 9.05. The summed E-state index contributed by atoms with van der Waals surface area (Å²) in [6.45, 7) is 1.28. The summed E-state index contributed by atoms with van der Waals surface area (Å²) in [5.41, 5.74) is 1.65. The number of amides is 2. The van der Waals surface area contributed by atoms with E-state index in [4.69, 9.17) is 0 Å². The smallest absolute Gasteiger partial charge is 0.251 e. The molecule has 176 valence electrons. The molecule has 4 rings (SSSR count). The van der Waals surface area contributed by atoms with E-state index in [1.165, 1.54) is 12.1 Å². The van der Waals surface area contributed by atoms with Gasteiger partial charge in [-0.05, 0) is 61.9 Å². The molecule has 2 atom stereocenters. The summed E-state index contributed by atoms with van der Waals surface area (Å²) in [6, 6.07) is 16.6. The second kappa shape index (κ2) is 10.9. The molecule has 0 saturated carbocycles. The molecule has 7 heteroatoms. The molecule has 2 heterocycles. The SMILES string of the molecule is O=C(NC1CC2CCC(C1)N2CCN(CCc1ccc(F)cc1)C(=O)CO)c1ccccc1. The molecule has 0 radical (unpaired) electrons. The Morgan fingerprint density at radius 2 is 1.67 bits per heavy atom. The van der Waals surface area contributed by atoms with Crippen molar-refractivity contribution >= 4 is 11.8 Å². The minimum absolute atomic E-state index is 0.0195. The molecule has 2 unspecified atom stereocenters. The molecule has 2 N–H and O–H groups in total. The fraction of sp³-hybridized carbons (Fsp3) is 0.462. The number of rotatable bonds is 9. The number of nitrogens with one attached hydrogen (secondary N) is 1.